The van der Waals surface area contributed by atoms with Gasteiger partial charge in [0.05, 0.1) is 0 Å². The molecule has 0 atom stereocenters. The normalized spacial score (nSPS) is 19.4. The second kappa shape index (κ2) is 4.97. The summed E-state index contributed by atoms with van der Waals surface area (Å²) in [6.45, 7) is 0. The number of amides is 1. The number of benzene rings is 1. The minimum absolute atomic E-state index is 0.0580. The second-order valence-corrected chi connectivity index (χ2v) is 5.45. The zero-order valence-electron chi connectivity index (χ0n) is 10.5. The number of carbonyl (C=O) groups excluding carboxylic acids is 1. The zero-order chi connectivity index (χ0) is 12.4. The van der Waals surface area contributed by atoms with Crippen LogP contribution in [0.15, 0.2) is 36.4 Å². The molecule has 2 fully saturated rings. The van der Waals surface area contributed by atoms with Gasteiger partial charge in [-0.15, -0.1) is 0 Å². The summed E-state index contributed by atoms with van der Waals surface area (Å²) in [6.07, 6.45) is 8.72. The molecule has 1 aromatic carbocycles. The summed E-state index contributed by atoms with van der Waals surface area (Å²) in [5.41, 5.74) is 1.07. The van der Waals surface area contributed by atoms with E-state index in [2.05, 4.69) is 5.32 Å². The van der Waals surface area contributed by atoms with Gasteiger partial charge < -0.3 is 5.32 Å². The molecule has 2 nitrogen and oxygen atoms in total. The van der Waals surface area contributed by atoms with Crippen molar-refractivity contribution in [1.29, 1.82) is 0 Å². The van der Waals surface area contributed by atoms with Gasteiger partial charge >= 0.3 is 0 Å². The van der Waals surface area contributed by atoms with E-state index in [-0.39, 0.29) is 5.91 Å². The first-order valence-corrected chi connectivity index (χ1v) is 6.86. The Morgan fingerprint density at radius 1 is 1.11 bits per heavy atom. The molecular weight excluding hydrogens is 222 g/mol. The first kappa shape index (κ1) is 11.5. The third kappa shape index (κ3) is 3.00. The van der Waals surface area contributed by atoms with Crippen molar-refractivity contribution in [1.82, 2.24) is 5.32 Å². The summed E-state index contributed by atoms with van der Waals surface area (Å²) in [5.74, 6) is 1.57. The Hall–Kier alpha value is -1.57. The fourth-order valence-corrected chi connectivity index (χ4v) is 2.48. The molecule has 1 aromatic rings. The van der Waals surface area contributed by atoms with Gasteiger partial charge in [0.25, 0.3) is 0 Å². The first-order chi connectivity index (χ1) is 8.83. The number of nitrogens with one attached hydrogen (secondary N) is 1. The molecule has 18 heavy (non-hydrogen) atoms. The Kier molecular flexibility index (Phi) is 3.18. The van der Waals surface area contributed by atoms with E-state index in [0.29, 0.717) is 6.04 Å². The maximum Gasteiger partial charge on any atom is 0.244 e. The maximum absolute atomic E-state index is 11.9. The van der Waals surface area contributed by atoms with Crippen LogP contribution >= 0.6 is 0 Å². The van der Waals surface area contributed by atoms with Crippen LogP contribution in [0.3, 0.4) is 0 Å². The fraction of sp³-hybridized carbons (Fsp3) is 0.438. The lowest BCUT2D eigenvalue weighted by Gasteiger charge is -2.16. The highest BCUT2D eigenvalue weighted by Gasteiger charge is 2.41. The summed E-state index contributed by atoms with van der Waals surface area (Å²) in [5, 5.41) is 3.19. The minimum Gasteiger partial charge on any atom is -0.349 e. The van der Waals surface area contributed by atoms with Crippen molar-refractivity contribution in [3.8, 4) is 0 Å². The third-order valence-electron chi connectivity index (χ3n) is 3.80. The van der Waals surface area contributed by atoms with Crippen LogP contribution in [0.1, 0.15) is 31.2 Å². The Morgan fingerprint density at radius 3 is 2.28 bits per heavy atom. The molecule has 0 radical (unpaired) electrons. The maximum atomic E-state index is 11.9. The lowest BCUT2D eigenvalue weighted by molar-refractivity contribution is -0.117. The molecule has 2 aliphatic rings. The summed E-state index contributed by atoms with van der Waals surface area (Å²) in [7, 11) is 0. The van der Waals surface area contributed by atoms with Crippen LogP contribution in [0.2, 0.25) is 0 Å². The molecular formula is C16H19NO. The molecule has 0 spiro atoms. The Morgan fingerprint density at radius 2 is 1.72 bits per heavy atom. The van der Waals surface area contributed by atoms with E-state index in [4.69, 9.17) is 0 Å². The lowest BCUT2D eigenvalue weighted by atomic mass is 10.1. The average Bonchev–Trinajstić information content (AvgIpc) is 3.28. The molecule has 2 heteroatoms. The monoisotopic (exact) mass is 241 g/mol. The predicted octanol–water partition coefficient (Wildman–Crippen LogP) is 3.00. The second-order valence-electron chi connectivity index (χ2n) is 5.45. The van der Waals surface area contributed by atoms with E-state index in [1.54, 1.807) is 6.08 Å². The number of rotatable bonds is 5. The summed E-state index contributed by atoms with van der Waals surface area (Å²) in [6, 6.07) is 10.4. The smallest absolute Gasteiger partial charge is 0.244 e. The molecule has 3 rings (SSSR count). The Bertz CT molecular complexity index is 431. The van der Waals surface area contributed by atoms with Crippen LogP contribution in [-0.2, 0) is 4.79 Å². The molecule has 94 valence electrons. The van der Waals surface area contributed by atoms with Crippen LogP contribution in [0.5, 0.6) is 0 Å². The molecule has 0 saturated heterocycles. The van der Waals surface area contributed by atoms with Crippen molar-refractivity contribution < 1.29 is 4.79 Å². The molecule has 0 aromatic heterocycles. The molecule has 0 bridgehead atoms. The molecule has 1 amide bonds. The highest BCUT2D eigenvalue weighted by Crippen LogP contribution is 2.44. The van der Waals surface area contributed by atoms with Gasteiger partial charge in [0, 0.05) is 12.1 Å². The molecule has 0 heterocycles. The standard InChI is InChI=1S/C16H19NO/c18-15(11-6-12-4-2-1-3-5-12)17-16(13-7-8-13)14-9-10-14/h1-6,11,13-14,16H,7-10H2,(H,17,18)/b11-6+. The van der Waals surface area contributed by atoms with Gasteiger partial charge in [0.15, 0.2) is 0 Å². The van der Waals surface area contributed by atoms with Crippen LogP contribution in [0.4, 0.5) is 0 Å². The van der Waals surface area contributed by atoms with E-state index in [9.17, 15) is 4.79 Å². The molecule has 1 N–H and O–H groups in total. The summed E-state index contributed by atoms with van der Waals surface area (Å²) >= 11 is 0. The summed E-state index contributed by atoms with van der Waals surface area (Å²) < 4.78 is 0. The van der Waals surface area contributed by atoms with Crippen molar-refractivity contribution >= 4 is 12.0 Å². The quantitative estimate of drug-likeness (QED) is 0.789. The number of hydrogen-bond donors (Lipinski definition) is 1. The van der Waals surface area contributed by atoms with Crippen molar-refractivity contribution in [2.24, 2.45) is 11.8 Å². The van der Waals surface area contributed by atoms with Gasteiger partial charge in [-0.05, 0) is 49.2 Å². The van der Waals surface area contributed by atoms with Crippen molar-refractivity contribution in [2.45, 2.75) is 31.7 Å². The Balaban J connectivity index is 1.56. The van der Waals surface area contributed by atoms with Crippen LogP contribution < -0.4 is 5.32 Å². The van der Waals surface area contributed by atoms with E-state index < -0.39 is 0 Å². The van der Waals surface area contributed by atoms with Gasteiger partial charge in [-0.1, -0.05) is 30.3 Å². The minimum atomic E-state index is 0.0580. The van der Waals surface area contributed by atoms with E-state index in [0.717, 1.165) is 17.4 Å². The average molecular weight is 241 g/mol. The van der Waals surface area contributed by atoms with Crippen LogP contribution in [-0.4, -0.2) is 11.9 Å². The predicted molar refractivity (Wildman–Crippen MR) is 72.9 cm³/mol. The summed E-state index contributed by atoms with van der Waals surface area (Å²) in [4.78, 5) is 11.9. The van der Waals surface area contributed by atoms with Gasteiger partial charge in [0.2, 0.25) is 5.91 Å². The first-order valence-electron chi connectivity index (χ1n) is 6.86. The van der Waals surface area contributed by atoms with Gasteiger partial charge in [0.1, 0.15) is 0 Å². The SMILES string of the molecule is O=C(/C=C/c1ccccc1)NC(C1CC1)C1CC1. The zero-order valence-corrected chi connectivity index (χ0v) is 10.5. The fourth-order valence-electron chi connectivity index (χ4n) is 2.48. The molecule has 0 unspecified atom stereocenters. The van der Waals surface area contributed by atoms with E-state index in [1.807, 2.05) is 36.4 Å². The largest absolute Gasteiger partial charge is 0.349 e. The van der Waals surface area contributed by atoms with Crippen LogP contribution in [0, 0.1) is 11.8 Å². The molecule has 0 aliphatic heterocycles. The number of carbonyl (C=O) groups is 1. The van der Waals surface area contributed by atoms with E-state index >= 15 is 0 Å². The molecule has 2 saturated carbocycles. The molecule has 2 aliphatic carbocycles. The van der Waals surface area contributed by atoms with Crippen molar-refractivity contribution in [3.63, 3.8) is 0 Å². The van der Waals surface area contributed by atoms with Crippen LogP contribution in [0.25, 0.3) is 6.08 Å². The van der Waals surface area contributed by atoms with Gasteiger partial charge in [-0.3, -0.25) is 4.79 Å². The topological polar surface area (TPSA) is 29.1 Å². The Labute approximate surface area is 108 Å². The van der Waals surface area contributed by atoms with E-state index in [1.165, 1.54) is 25.7 Å². The number of hydrogen-bond acceptors (Lipinski definition) is 1. The van der Waals surface area contributed by atoms with Gasteiger partial charge in [-0.2, -0.15) is 0 Å². The van der Waals surface area contributed by atoms with Crippen molar-refractivity contribution in [3.05, 3.63) is 42.0 Å². The highest BCUT2D eigenvalue weighted by molar-refractivity contribution is 5.92. The van der Waals surface area contributed by atoms with Gasteiger partial charge in [-0.25, -0.2) is 0 Å². The highest BCUT2D eigenvalue weighted by atomic mass is 16.1. The lowest BCUT2D eigenvalue weighted by Crippen LogP contribution is -2.37. The third-order valence-corrected chi connectivity index (χ3v) is 3.80. The van der Waals surface area contributed by atoms with Crippen molar-refractivity contribution in [2.75, 3.05) is 0 Å².